The number of halogens is 3. The monoisotopic (exact) mass is 406 g/mol. The van der Waals surface area contributed by atoms with E-state index in [0.717, 1.165) is 22.1 Å². The highest BCUT2D eigenvalue weighted by Crippen LogP contribution is 2.26. The zero-order valence-electron chi connectivity index (χ0n) is 15.1. The minimum Gasteiger partial charge on any atom is -0.475 e. The summed E-state index contributed by atoms with van der Waals surface area (Å²) in [5.41, 5.74) is 8.11. The Balaban J connectivity index is 1.65. The molecule has 10 heteroatoms. The highest BCUT2D eigenvalue weighted by molar-refractivity contribution is 5.95. The Labute approximate surface area is 163 Å². The molecule has 0 saturated carbocycles. The van der Waals surface area contributed by atoms with Crippen molar-refractivity contribution in [2.45, 2.75) is 6.18 Å². The third kappa shape index (κ3) is 5.79. The van der Waals surface area contributed by atoms with Crippen LogP contribution in [0.1, 0.15) is 5.56 Å². The van der Waals surface area contributed by atoms with Gasteiger partial charge >= 0.3 is 6.18 Å². The van der Waals surface area contributed by atoms with Gasteiger partial charge in [0, 0.05) is 52.8 Å². The number of nitrogens with zero attached hydrogens (tertiary/aromatic N) is 2. The Kier molecular flexibility index (Phi) is 6.13. The number of aromatic nitrogens is 3. The number of hydrogen-bond donors (Lipinski definition) is 2. The van der Waals surface area contributed by atoms with Crippen molar-refractivity contribution in [3.63, 3.8) is 0 Å². The number of nitrogens with one attached hydrogen (secondary N) is 1. The molecule has 7 nitrogen and oxygen atoms in total. The summed E-state index contributed by atoms with van der Waals surface area (Å²) in [6, 6.07) is 5.25. The number of carbonyl (C=O) groups excluding carboxylic acids is 1. The van der Waals surface area contributed by atoms with E-state index in [1.165, 1.54) is 6.08 Å². The SMILES string of the molecule is NC(=O)C=Cc1c[nH]c2ncc(-c3ccc(OCCOCC(F)(F)F)nc3)cc12. The first kappa shape index (κ1) is 20.3. The Hall–Kier alpha value is -3.40. The molecule has 0 aliphatic rings. The van der Waals surface area contributed by atoms with E-state index in [4.69, 9.17) is 10.5 Å². The molecular weight excluding hydrogens is 389 g/mol. The van der Waals surface area contributed by atoms with Gasteiger partial charge in [-0.1, -0.05) is 0 Å². The first-order valence-electron chi connectivity index (χ1n) is 8.50. The van der Waals surface area contributed by atoms with Gasteiger partial charge in [0.15, 0.2) is 0 Å². The minimum absolute atomic E-state index is 0.0468. The number of aromatic amines is 1. The van der Waals surface area contributed by atoms with Crippen molar-refractivity contribution in [3.8, 4) is 17.0 Å². The first-order valence-corrected chi connectivity index (χ1v) is 8.50. The lowest BCUT2D eigenvalue weighted by Crippen LogP contribution is -2.19. The van der Waals surface area contributed by atoms with Crippen LogP contribution in [-0.4, -0.2) is 46.9 Å². The normalized spacial score (nSPS) is 12.0. The van der Waals surface area contributed by atoms with Crippen molar-refractivity contribution in [3.05, 3.63) is 48.4 Å². The first-order chi connectivity index (χ1) is 13.8. The Morgan fingerprint density at radius 2 is 1.97 bits per heavy atom. The number of pyridine rings is 2. The van der Waals surface area contributed by atoms with Gasteiger partial charge in [-0.25, -0.2) is 9.97 Å². The maximum atomic E-state index is 12.0. The van der Waals surface area contributed by atoms with Crippen molar-refractivity contribution in [2.24, 2.45) is 5.73 Å². The highest BCUT2D eigenvalue weighted by atomic mass is 19.4. The molecule has 3 aromatic heterocycles. The largest absolute Gasteiger partial charge is 0.475 e. The third-order valence-electron chi connectivity index (χ3n) is 3.80. The molecule has 0 radical (unpaired) electrons. The van der Waals surface area contributed by atoms with Crippen molar-refractivity contribution in [1.82, 2.24) is 15.0 Å². The molecule has 0 spiro atoms. The molecule has 0 saturated heterocycles. The van der Waals surface area contributed by atoms with Gasteiger partial charge in [0.05, 0.1) is 6.61 Å². The molecule has 0 atom stereocenters. The summed E-state index contributed by atoms with van der Waals surface area (Å²) in [4.78, 5) is 22.4. The molecule has 0 bridgehead atoms. The Morgan fingerprint density at radius 3 is 2.66 bits per heavy atom. The van der Waals surface area contributed by atoms with Gasteiger partial charge < -0.3 is 20.2 Å². The van der Waals surface area contributed by atoms with E-state index in [2.05, 4.69) is 19.7 Å². The van der Waals surface area contributed by atoms with Crippen molar-refractivity contribution in [2.75, 3.05) is 19.8 Å². The lowest BCUT2D eigenvalue weighted by Gasteiger charge is -2.09. The highest BCUT2D eigenvalue weighted by Gasteiger charge is 2.27. The quantitative estimate of drug-likeness (QED) is 0.442. The molecule has 3 heterocycles. The lowest BCUT2D eigenvalue weighted by molar-refractivity contribution is -0.175. The lowest BCUT2D eigenvalue weighted by atomic mass is 10.1. The molecule has 0 fully saturated rings. The van der Waals surface area contributed by atoms with Crippen LogP contribution in [-0.2, 0) is 9.53 Å². The van der Waals surface area contributed by atoms with Crippen LogP contribution in [0.15, 0.2) is 42.9 Å². The summed E-state index contributed by atoms with van der Waals surface area (Å²) < 4.78 is 45.7. The summed E-state index contributed by atoms with van der Waals surface area (Å²) in [5.74, 6) is -0.280. The average molecular weight is 406 g/mol. The van der Waals surface area contributed by atoms with E-state index in [1.807, 2.05) is 6.07 Å². The summed E-state index contributed by atoms with van der Waals surface area (Å²) >= 11 is 0. The fraction of sp³-hybridized carbons (Fsp3) is 0.211. The summed E-state index contributed by atoms with van der Waals surface area (Å²) in [6.07, 6.45) is 3.47. The van der Waals surface area contributed by atoms with Gasteiger partial charge in [-0.3, -0.25) is 4.79 Å². The molecular formula is C19H17F3N4O3. The van der Waals surface area contributed by atoms with Crippen LogP contribution in [0.3, 0.4) is 0 Å². The van der Waals surface area contributed by atoms with Gasteiger partial charge in [-0.15, -0.1) is 0 Å². The van der Waals surface area contributed by atoms with Crippen molar-refractivity contribution in [1.29, 1.82) is 0 Å². The fourth-order valence-corrected chi connectivity index (χ4v) is 2.52. The summed E-state index contributed by atoms with van der Waals surface area (Å²) in [7, 11) is 0. The zero-order valence-corrected chi connectivity index (χ0v) is 15.1. The number of amides is 1. The number of fused-ring (bicyclic) bond motifs is 1. The predicted molar refractivity (Wildman–Crippen MR) is 99.9 cm³/mol. The molecule has 3 aromatic rings. The van der Waals surface area contributed by atoms with Crippen molar-refractivity contribution >= 4 is 23.0 Å². The predicted octanol–water partition coefficient (Wildman–Crippen LogP) is 3.08. The molecule has 3 rings (SSSR count). The van der Waals surface area contributed by atoms with Crippen LogP contribution < -0.4 is 10.5 Å². The number of alkyl halides is 3. The zero-order chi connectivity index (χ0) is 20.9. The molecule has 0 unspecified atom stereocenters. The molecule has 3 N–H and O–H groups in total. The van der Waals surface area contributed by atoms with Crippen LogP contribution in [0.25, 0.3) is 28.2 Å². The second kappa shape index (κ2) is 8.74. The molecule has 0 aliphatic heterocycles. The standard InChI is InChI=1S/C19H17F3N4O3/c20-19(21,22)11-28-5-6-29-17-4-2-12(8-24-17)14-7-15-13(1-3-16(23)27)9-25-18(15)26-10-14/h1-4,7-10H,5-6,11H2,(H2,23,27)(H,25,26). The van der Waals surface area contributed by atoms with Crippen LogP contribution in [0, 0.1) is 0 Å². The van der Waals surface area contributed by atoms with Gasteiger partial charge in [-0.05, 0) is 18.2 Å². The summed E-state index contributed by atoms with van der Waals surface area (Å²) in [6.45, 7) is -1.55. The van der Waals surface area contributed by atoms with Crippen molar-refractivity contribution < 1.29 is 27.4 Å². The van der Waals surface area contributed by atoms with Gasteiger partial charge in [0.25, 0.3) is 0 Å². The van der Waals surface area contributed by atoms with E-state index in [0.29, 0.717) is 5.65 Å². The average Bonchev–Trinajstić information content (AvgIpc) is 3.08. The second-order valence-electron chi connectivity index (χ2n) is 6.00. The molecule has 152 valence electrons. The van der Waals surface area contributed by atoms with Crippen LogP contribution >= 0.6 is 0 Å². The van der Waals surface area contributed by atoms with Gasteiger partial charge in [0.2, 0.25) is 11.8 Å². The smallest absolute Gasteiger partial charge is 0.411 e. The van der Waals surface area contributed by atoms with Gasteiger partial charge in [0.1, 0.15) is 18.9 Å². The Morgan fingerprint density at radius 1 is 1.17 bits per heavy atom. The number of rotatable bonds is 8. The number of H-pyrrole nitrogens is 1. The maximum Gasteiger partial charge on any atom is 0.411 e. The van der Waals surface area contributed by atoms with E-state index in [9.17, 15) is 18.0 Å². The molecule has 0 aromatic carbocycles. The fourth-order valence-electron chi connectivity index (χ4n) is 2.52. The topological polar surface area (TPSA) is 103 Å². The number of primary amides is 1. The van der Waals surface area contributed by atoms with E-state index >= 15 is 0 Å². The Bertz CT molecular complexity index is 1010. The molecule has 29 heavy (non-hydrogen) atoms. The maximum absolute atomic E-state index is 12.0. The van der Waals surface area contributed by atoms with Crippen LogP contribution in [0.2, 0.25) is 0 Å². The van der Waals surface area contributed by atoms with E-state index in [-0.39, 0.29) is 19.1 Å². The van der Waals surface area contributed by atoms with Crippen LogP contribution in [0.4, 0.5) is 13.2 Å². The third-order valence-corrected chi connectivity index (χ3v) is 3.80. The van der Waals surface area contributed by atoms with Crippen LogP contribution in [0.5, 0.6) is 5.88 Å². The van der Waals surface area contributed by atoms with E-state index < -0.39 is 18.7 Å². The van der Waals surface area contributed by atoms with E-state index in [1.54, 1.807) is 36.8 Å². The summed E-state index contributed by atoms with van der Waals surface area (Å²) in [5, 5.41) is 0.808. The number of carbonyl (C=O) groups is 1. The van der Waals surface area contributed by atoms with Gasteiger partial charge in [-0.2, -0.15) is 13.2 Å². The number of hydrogen-bond acceptors (Lipinski definition) is 5. The minimum atomic E-state index is -4.36. The number of ether oxygens (including phenoxy) is 2. The molecule has 0 aliphatic carbocycles. The number of nitrogens with two attached hydrogens (primary N) is 1. The molecule has 1 amide bonds. The second-order valence-corrected chi connectivity index (χ2v) is 6.00.